The maximum Gasteiger partial charge on any atom is 0.242 e. The summed E-state index contributed by atoms with van der Waals surface area (Å²) in [5, 5.41) is 0. The van der Waals surface area contributed by atoms with Crippen LogP contribution in [0.1, 0.15) is 37.9 Å². The van der Waals surface area contributed by atoms with Crippen LogP contribution in [-0.2, 0) is 27.9 Å². The Morgan fingerprint density at radius 1 is 1.18 bits per heavy atom. The number of hydrogen-bond acceptors (Lipinski definition) is 5. The molecular weight excluding hydrogens is 358 g/mol. The highest BCUT2D eigenvalue weighted by Gasteiger charge is 2.41. The molecule has 28 heavy (non-hydrogen) atoms. The van der Waals surface area contributed by atoms with Gasteiger partial charge >= 0.3 is 0 Å². The zero-order valence-corrected chi connectivity index (χ0v) is 16.8. The van der Waals surface area contributed by atoms with Crippen molar-refractivity contribution >= 4 is 11.8 Å². The highest BCUT2D eigenvalue weighted by atomic mass is 16.5. The van der Waals surface area contributed by atoms with Crippen LogP contribution in [0.4, 0.5) is 0 Å². The third kappa shape index (κ3) is 4.22. The molecule has 8 heteroatoms. The van der Waals surface area contributed by atoms with E-state index >= 15 is 0 Å². The minimum absolute atomic E-state index is 0.0580. The Morgan fingerprint density at radius 2 is 1.93 bits per heavy atom. The summed E-state index contributed by atoms with van der Waals surface area (Å²) >= 11 is 0. The number of nitrogens with zero attached hydrogens (tertiary/aromatic N) is 5. The Labute approximate surface area is 166 Å². The van der Waals surface area contributed by atoms with E-state index in [1.807, 2.05) is 28.9 Å². The predicted molar refractivity (Wildman–Crippen MR) is 103 cm³/mol. The maximum absolute atomic E-state index is 12.9. The number of aromatic nitrogens is 2. The molecule has 2 amide bonds. The molecule has 0 unspecified atom stereocenters. The molecular formula is C20H31N5O3. The van der Waals surface area contributed by atoms with E-state index in [9.17, 15) is 9.59 Å². The lowest BCUT2D eigenvalue weighted by Gasteiger charge is -2.40. The summed E-state index contributed by atoms with van der Waals surface area (Å²) < 4.78 is 8.26. The fraction of sp³-hybridized carbons (Fsp3) is 0.750. The van der Waals surface area contributed by atoms with E-state index in [1.165, 1.54) is 0 Å². The van der Waals surface area contributed by atoms with Crippen LogP contribution in [0.3, 0.4) is 0 Å². The Morgan fingerprint density at radius 3 is 2.61 bits per heavy atom. The molecule has 3 aliphatic heterocycles. The molecule has 3 saturated heterocycles. The van der Waals surface area contributed by atoms with Crippen LogP contribution < -0.4 is 0 Å². The van der Waals surface area contributed by atoms with Crippen LogP contribution in [0.2, 0.25) is 0 Å². The van der Waals surface area contributed by atoms with Crippen LogP contribution >= 0.6 is 0 Å². The molecule has 3 fully saturated rings. The molecule has 0 saturated carbocycles. The quantitative estimate of drug-likeness (QED) is 0.755. The Hall–Kier alpha value is -1.93. The molecule has 0 aromatic carbocycles. The number of amides is 2. The van der Waals surface area contributed by atoms with Crippen molar-refractivity contribution in [3.8, 4) is 0 Å². The largest absolute Gasteiger partial charge is 0.373 e. The van der Waals surface area contributed by atoms with Gasteiger partial charge in [0.2, 0.25) is 11.8 Å². The lowest BCUT2D eigenvalue weighted by atomic mass is 9.87. The van der Waals surface area contributed by atoms with E-state index in [2.05, 4.69) is 9.88 Å². The minimum Gasteiger partial charge on any atom is -0.373 e. The number of ether oxygens (including phenoxy) is 1. The normalized spacial score (nSPS) is 23.4. The maximum atomic E-state index is 12.9. The number of hydrogen-bond donors (Lipinski definition) is 0. The van der Waals surface area contributed by atoms with E-state index in [0.29, 0.717) is 19.6 Å². The van der Waals surface area contributed by atoms with Gasteiger partial charge in [-0.25, -0.2) is 4.98 Å². The monoisotopic (exact) mass is 389 g/mol. The molecule has 3 aliphatic rings. The standard InChI is InChI=1S/C20H31N5O3/c1-22-11-6-21-17(22)15-23-9-4-20(5-10-23)14-18(26)25(12-13-28-20)16-19(27)24-7-2-3-8-24/h6,11H,2-5,7-10,12-16H2,1H3. The van der Waals surface area contributed by atoms with Gasteiger partial charge in [0.1, 0.15) is 5.82 Å². The van der Waals surface area contributed by atoms with Gasteiger partial charge in [0, 0.05) is 52.2 Å². The van der Waals surface area contributed by atoms with Gasteiger partial charge in [0.15, 0.2) is 0 Å². The Kier molecular flexibility index (Phi) is 5.68. The highest BCUT2D eigenvalue weighted by molar-refractivity contribution is 5.85. The fourth-order valence-corrected chi connectivity index (χ4v) is 4.52. The molecule has 0 aliphatic carbocycles. The molecule has 0 atom stereocenters. The van der Waals surface area contributed by atoms with Crippen LogP contribution in [0.5, 0.6) is 0 Å². The lowest BCUT2D eigenvalue weighted by Crippen LogP contribution is -2.47. The SMILES string of the molecule is Cn1ccnc1CN1CCC2(CC1)CC(=O)N(CC(=O)N1CCCC1)CCO2. The third-order valence-electron chi connectivity index (χ3n) is 6.43. The molecule has 0 bridgehead atoms. The average Bonchev–Trinajstić information content (AvgIpc) is 3.32. The van der Waals surface area contributed by atoms with Gasteiger partial charge in [-0.3, -0.25) is 14.5 Å². The Balaban J connectivity index is 1.31. The van der Waals surface area contributed by atoms with Gasteiger partial charge in [-0.05, 0) is 25.7 Å². The molecule has 1 aromatic heterocycles. The summed E-state index contributed by atoms with van der Waals surface area (Å²) in [6, 6.07) is 0. The second-order valence-electron chi connectivity index (χ2n) is 8.34. The van der Waals surface area contributed by atoms with Crippen LogP contribution in [0.15, 0.2) is 12.4 Å². The van der Waals surface area contributed by atoms with Crippen molar-refractivity contribution in [2.75, 3.05) is 45.9 Å². The summed E-state index contributed by atoms with van der Waals surface area (Å²) in [4.78, 5) is 35.7. The first-order valence-electron chi connectivity index (χ1n) is 10.4. The van der Waals surface area contributed by atoms with Crippen molar-refractivity contribution in [3.05, 3.63) is 18.2 Å². The lowest BCUT2D eigenvalue weighted by molar-refractivity contribution is -0.141. The van der Waals surface area contributed by atoms with Gasteiger partial charge < -0.3 is 19.1 Å². The summed E-state index contributed by atoms with van der Waals surface area (Å²) in [6.45, 7) is 5.49. The summed E-state index contributed by atoms with van der Waals surface area (Å²) in [5.74, 6) is 1.19. The molecule has 154 valence electrons. The van der Waals surface area contributed by atoms with Crippen molar-refractivity contribution in [2.24, 2.45) is 7.05 Å². The van der Waals surface area contributed by atoms with Gasteiger partial charge in [-0.15, -0.1) is 0 Å². The number of rotatable bonds is 4. The summed E-state index contributed by atoms with van der Waals surface area (Å²) in [5.41, 5.74) is -0.374. The first-order valence-corrected chi connectivity index (χ1v) is 10.4. The second-order valence-corrected chi connectivity index (χ2v) is 8.34. The van der Waals surface area contributed by atoms with Gasteiger partial charge in [0.25, 0.3) is 0 Å². The van der Waals surface area contributed by atoms with E-state index < -0.39 is 0 Å². The molecule has 4 rings (SSSR count). The van der Waals surface area contributed by atoms with Gasteiger partial charge in [-0.2, -0.15) is 0 Å². The third-order valence-corrected chi connectivity index (χ3v) is 6.43. The van der Waals surface area contributed by atoms with E-state index in [4.69, 9.17) is 4.74 Å². The van der Waals surface area contributed by atoms with Crippen LogP contribution in [0.25, 0.3) is 0 Å². The first kappa shape index (κ1) is 19.4. The summed E-state index contributed by atoms with van der Waals surface area (Å²) in [7, 11) is 2.01. The zero-order valence-electron chi connectivity index (χ0n) is 16.8. The average molecular weight is 390 g/mol. The first-order chi connectivity index (χ1) is 13.5. The van der Waals surface area contributed by atoms with Gasteiger partial charge in [0.05, 0.1) is 31.7 Å². The van der Waals surface area contributed by atoms with Crippen molar-refractivity contribution in [2.45, 2.75) is 44.2 Å². The van der Waals surface area contributed by atoms with Gasteiger partial charge in [-0.1, -0.05) is 0 Å². The number of carbonyl (C=O) groups is 2. The Bertz CT molecular complexity index is 704. The van der Waals surface area contributed by atoms with Crippen LogP contribution in [0, 0.1) is 0 Å². The number of piperidine rings is 1. The van der Waals surface area contributed by atoms with E-state index in [1.54, 1.807) is 4.90 Å². The molecule has 1 spiro atoms. The van der Waals surface area contributed by atoms with Crippen molar-refractivity contribution < 1.29 is 14.3 Å². The van der Waals surface area contributed by atoms with E-state index in [0.717, 1.165) is 64.2 Å². The molecule has 4 heterocycles. The molecule has 0 radical (unpaired) electrons. The highest BCUT2D eigenvalue weighted by Crippen LogP contribution is 2.32. The second kappa shape index (κ2) is 8.21. The molecule has 1 aromatic rings. The zero-order chi connectivity index (χ0) is 19.6. The number of imidazole rings is 1. The molecule has 0 N–H and O–H groups in total. The number of carbonyl (C=O) groups excluding carboxylic acids is 2. The van der Waals surface area contributed by atoms with Crippen LogP contribution in [-0.4, -0.2) is 87.5 Å². The smallest absolute Gasteiger partial charge is 0.242 e. The number of likely N-dealkylation sites (tertiary alicyclic amines) is 2. The predicted octanol–water partition coefficient (Wildman–Crippen LogP) is 0.626. The minimum atomic E-state index is -0.374. The van der Waals surface area contributed by atoms with Crippen molar-refractivity contribution in [1.29, 1.82) is 0 Å². The van der Waals surface area contributed by atoms with E-state index in [-0.39, 0.29) is 24.0 Å². The van der Waals surface area contributed by atoms with Crippen molar-refractivity contribution in [1.82, 2.24) is 24.3 Å². The summed E-state index contributed by atoms with van der Waals surface area (Å²) in [6.07, 6.45) is 8.00. The fourth-order valence-electron chi connectivity index (χ4n) is 4.52. The van der Waals surface area contributed by atoms with Crippen molar-refractivity contribution in [3.63, 3.8) is 0 Å². The number of aryl methyl sites for hydroxylation is 1. The molecule has 8 nitrogen and oxygen atoms in total. The topological polar surface area (TPSA) is 70.9 Å².